The highest BCUT2D eigenvalue weighted by atomic mass is 16.6. The molecule has 5 rings (SSSR count). The molecule has 0 bridgehead atoms. The number of anilines is 1. The molecule has 4 heterocycles. The maximum Gasteiger partial charge on any atom is 0.410 e. The van der Waals surface area contributed by atoms with Crippen molar-refractivity contribution in [1.82, 2.24) is 24.3 Å². The van der Waals surface area contributed by atoms with Gasteiger partial charge in [-0.2, -0.15) is 10.2 Å². The lowest BCUT2D eigenvalue weighted by atomic mass is 10.1. The third kappa shape index (κ3) is 5.01. The van der Waals surface area contributed by atoms with Crippen molar-refractivity contribution in [3.63, 3.8) is 0 Å². The number of methoxy groups -OCH3 is 1. The molecule has 0 spiro atoms. The van der Waals surface area contributed by atoms with Crippen LogP contribution >= 0.6 is 0 Å². The van der Waals surface area contributed by atoms with E-state index in [4.69, 9.17) is 14.2 Å². The Labute approximate surface area is 209 Å². The molecule has 1 aliphatic heterocycles. The summed E-state index contributed by atoms with van der Waals surface area (Å²) in [5, 5.41) is 11.7. The zero-order valence-electron chi connectivity index (χ0n) is 21.2. The van der Waals surface area contributed by atoms with Gasteiger partial charge in [-0.05, 0) is 45.7 Å². The van der Waals surface area contributed by atoms with E-state index in [1.165, 1.54) is 0 Å². The van der Waals surface area contributed by atoms with Gasteiger partial charge in [0.15, 0.2) is 11.6 Å². The third-order valence-electron chi connectivity index (χ3n) is 6.29. The largest absolute Gasteiger partial charge is 0.482 e. The van der Waals surface area contributed by atoms with Crippen molar-refractivity contribution < 1.29 is 23.8 Å². The number of hydrogen-bond donors (Lipinski definition) is 1. The fraction of sp³-hybridized carbons (Fsp3) is 0.520. The van der Waals surface area contributed by atoms with Gasteiger partial charge in [0.1, 0.15) is 23.5 Å². The molecular formula is C25H32N6O5. The van der Waals surface area contributed by atoms with E-state index in [1.807, 2.05) is 52.2 Å². The van der Waals surface area contributed by atoms with Crippen LogP contribution in [0.15, 0.2) is 30.6 Å². The number of aromatic nitrogens is 4. The Morgan fingerprint density at radius 3 is 2.58 bits per heavy atom. The number of hydrogen-bond acceptors (Lipinski definition) is 7. The molecule has 11 nitrogen and oxygen atoms in total. The normalized spacial score (nSPS) is 20.1. The first kappa shape index (κ1) is 24.1. The Kier molecular flexibility index (Phi) is 6.11. The van der Waals surface area contributed by atoms with Crippen molar-refractivity contribution in [2.24, 2.45) is 13.0 Å². The van der Waals surface area contributed by atoms with Crippen LogP contribution in [0.25, 0.3) is 16.8 Å². The van der Waals surface area contributed by atoms with Crippen LogP contribution < -0.4 is 10.1 Å². The molecular weight excluding hydrogens is 464 g/mol. The topological polar surface area (TPSA) is 112 Å². The van der Waals surface area contributed by atoms with Crippen LogP contribution in [0.4, 0.5) is 10.6 Å². The summed E-state index contributed by atoms with van der Waals surface area (Å²) in [7, 11) is 3.45. The number of rotatable bonds is 6. The van der Waals surface area contributed by atoms with Gasteiger partial charge in [0.2, 0.25) is 5.91 Å². The zero-order valence-corrected chi connectivity index (χ0v) is 21.2. The highest BCUT2D eigenvalue weighted by Gasteiger charge is 2.39. The molecule has 1 saturated heterocycles. The summed E-state index contributed by atoms with van der Waals surface area (Å²) in [4.78, 5) is 26.3. The average Bonchev–Trinajstić information content (AvgIpc) is 3.32. The number of amides is 2. The van der Waals surface area contributed by atoms with Crippen molar-refractivity contribution in [3.8, 4) is 17.0 Å². The predicted octanol–water partition coefficient (Wildman–Crippen LogP) is 3.10. The number of nitrogens with one attached hydrogen (secondary N) is 1. The molecule has 192 valence electrons. The molecule has 1 saturated carbocycles. The van der Waals surface area contributed by atoms with E-state index >= 15 is 0 Å². The van der Waals surface area contributed by atoms with Gasteiger partial charge in [-0.1, -0.05) is 0 Å². The summed E-state index contributed by atoms with van der Waals surface area (Å²) in [6.45, 7) is 6.24. The molecule has 1 N–H and O–H groups in total. The SMILES string of the molecule is COC1CN(C(=O)OC(C)(C)C)CC1Oc1cnn(C)c1-c1ccn2nc(NC(=O)C3CC3)cc2c1. The second-order valence-corrected chi connectivity index (χ2v) is 10.4. The smallest absolute Gasteiger partial charge is 0.410 e. The number of nitrogens with zero attached hydrogens (tertiary/aromatic N) is 5. The maximum atomic E-state index is 12.6. The Morgan fingerprint density at radius 2 is 1.89 bits per heavy atom. The van der Waals surface area contributed by atoms with Gasteiger partial charge in [-0.3, -0.25) is 9.48 Å². The quantitative estimate of drug-likeness (QED) is 0.558. The van der Waals surface area contributed by atoms with E-state index in [2.05, 4.69) is 15.5 Å². The molecule has 3 aromatic rings. The fourth-order valence-electron chi connectivity index (χ4n) is 4.33. The lowest BCUT2D eigenvalue weighted by molar-refractivity contribution is -0.117. The molecule has 36 heavy (non-hydrogen) atoms. The minimum atomic E-state index is -0.581. The van der Waals surface area contributed by atoms with Crippen LogP contribution in [-0.4, -0.2) is 74.3 Å². The van der Waals surface area contributed by atoms with Crippen LogP contribution in [0.2, 0.25) is 0 Å². The number of ether oxygens (including phenoxy) is 3. The summed E-state index contributed by atoms with van der Waals surface area (Å²) in [6.07, 6.45) is 4.30. The minimum Gasteiger partial charge on any atom is -0.482 e. The molecule has 11 heteroatoms. The van der Waals surface area contributed by atoms with Gasteiger partial charge in [-0.25, -0.2) is 9.31 Å². The molecule has 0 radical (unpaired) electrons. The first-order valence-electron chi connectivity index (χ1n) is 12.1. The predicted molar refractivity (Wildman–Crippen MR) is 132 cm³/mol. The first-order chi connectivity index (χ1) is 17.1. The fourth-order valence-corrected chi connectivity index (χ4v) is 4.33. The maximum absolute atomic E-state index is 12.6. The van der Waals surface area contributed by atoms with Crippen LogP contribution in [0, 0.1) is 5.92 Å². The van der Waals surface area contributed by atoms with Gasteiger partial charge in [-0.15, -0.1) is 0 Å². The molecule has 2 aliphatic rings. The summed E-state index contributed by atoms with van der Waals surface area (Å²) in [5.74, 6) is 1.24. The molecule has 2 atom stereocenters. The van der Waals surface area contributed by atoms with E-state index in [9.17, 15) is 9.59 Å². The monoisotopic (exact) mass is 496 g/mol. The van der Waals surface area contributed by atoms with Crippen molar-refractivity contribution >= 4 is 23.3 Å². The van der Waals surface area contributed by atoms with Gasteiger partial charge in [0, 0.05) is 37.9 Å². The third-order valence-corrected chi connectivity index (χ3v) is 6.29. The number of aryl methyl sites for hydroxylation is 1. The Hall–Kier alpha value is -3.60. The standard InChI is InChI=1S/C25H32N6O5/c1-25(2,3)36-24(33)30-13-19(34-5)20(14-30)35-18-12-26-29(4)22(18)16-8-9-31-17(10-16)11-21(28-31)27-23(32)15-6-7-15/h8-12,15,19-20H,6-7,13-14H2,1-5H3,(H,27,28,32). The van der Waals surface area contributed by atoms with Crippen molar-refractivity contribution in [2.75, 3.05) is 25.5 Å². The Morgan fingerprint density at radius 1 is 1.14 bits per heavy atom. The Balaban J connectivity index is 1.35. The molecule has 3 aromatic heterocycles. The average molecular weight is 497 g/mol. The van der Waals surface area contributed by atoms with Crippen LogP contribution in [0.1, 0.15) is 33.6 Å². The second-order valence-electron chi connectivity index (χ2n) is 10.4. The van der Waals surface area contributed by atoms with E-state index in [0.717, 1.165) is 29.6 Å². The molecule has 2 unspecified atom stereocenters. The van der Waals surface area contributed by atoms with Crippen molar-refractivity contribution in [3.05, 3.63) is 30.6 Å². The molecule has 2 fully saturated rings. The molecule has 2 amide bonds. The number of pyridine rings is 1. The van der Waals surface area contributed by atoms with Crippen LogP contribution in [-0.2, 0) is 21.3 Å². The van der Waals surface area contributed by atoms with Gasteiger partial charge in [0.25, 0.3) is 0 Å². The number of likely N-dealkylation sites (tertiary alicyclic amines) is 1. The van der Waals surface area contributed by atoms with E-state index in [1.54, 1.807) is 27.4 Å². The zero-order chi connectivity index (χ0) is 25.6. The summed E-state index contributed by atoms with van der Waals surface area (Å²) < 4.78 is 21.0. The van der Waals surface area contributed by atoms with Crippen molar-refractivity contribution in [1.29, 1.82) is 0 Å². The van der Waals surface area contributed by atoms with E-state index in [0.29, 0.717) is 24.7 Å². The minimum absolute atomic E-state index is 0.0191. The lowest BCUT2D eigenvalue weighted by Crippen LogP contribution is -2.36. The molecule has 0 aromatic carbocycles. The lowest BCUT2D eigenvalue weighted by Gasteiger charge is -2.24. The van der Waals surface area contributed by atoms with Gasteiger partial charge >= 0.3 is 6.09 Å². The van der Waals surface area contributed by atoms with Crippen molar-refractivity contribution in [2.45, 2.75) is 51.4 Å². The van der Waals surface area contributed by atoms with Gasteiger partial charge < -0.3 is 24.4 Å². The Bertz CT molecular complexity index is 1290. The first-order valence-corrected chi connectivity index (χ1v) is 12.1. The summed E-state index contributed by atoms with van der Waals surface area (Å²) in [5.41, 5.74) is 1.92. The van der Waals surface area contributed by atoms with E-state index in [-0.39, 0.29) is 24.0 Å². The highest BCUT2D eigenvalue weighted by Crippen LogP contribution is 2.33. The number of carbonyl (C=O) groups is 2. The molecule has 1 aliphatic carbocycles. The second kappa shape index (κ2) is 9.12. The number of carbonyl (C=O) groups excluding carboxylic acids is 2. The van der Waals surface area contributed by atoms with E-state index < -0.39 is 11.7 Å². The van der Waals surface area contributed by atoms with Crippen LogP contribution in [0.5, 0.6) is 5.75 Å². The summed E-state index contributed by atoms with van der Waals surface area (Å²) >= 11 is 0. The van der Waals surface area contributed by atoms with Crippen LogP contribution in [0.3, 0.4) is 0 Å². The number of fused-ring (bicyclic) bond motifs is 1. The highest BCUT2D eigenvalue weighted by molar-refractivity contribution is 5.93. The summed E-state index contributed by atoms with van der Waals surface area (Å²) in [6, 6.07) is 5.74. The van der Waals surface area contributed by atoms with Gasteiger partial charge in [0.05, 0.1) is 24.8 Å².